The number of fused-ring (bicyclic) bond motifs is 1. The number of carbonyl (C=O) groups excluding carboxylic acids is 1. The average molecular weight is 456 g/mol. The summed E-state index contributed by atoms with van der Waals surface area (Å²) in [5.74, 6) is 1.48. The van der Waals surface area contributed by atoms with E-state index in [1.807, 2.05) is 54.1 Å². The number of piperidine rings is 1. The number of para-hydroxylation sites is 1. The highest BCUT2D eigenvalue weighted by Gasteiger charge is 2.28. The SMILES string of the molecule is C=CC(=O)N1CCC[C@@H](n2nc(-c3ccc(Oc4ccccc4)nc3C)c3c(N)ncnc32)C1. The van der Waals surface area contributed by atoms with Gasteiger partial charge in [-0.2, -0.15) is 5.10 Å². The number of pyridine rings is 1. The van der Waals surface area contributed by atoms with Crippen LogP contribution < -0.4 is 10.5 Å². The molecular weight excluding hydrogens is 430 g/mol. The molecule has 2 N–H and O–H groups in total. The van der Waals surface area contributed by atoms with E-state index in [-0.39, 0.29) is 11.9 Å². The van der Waals surface area contributed by atoms with Gasteiger partial charge in [-0.15, -0.1) is 0 Å². The lowest BCUT2D eigenvalue weighted by Gasteiger charge is -2.32. The fourth-order valence-corrected chi connectivity index (χ4v) is 4.38. The highest BCUT2D eigenvalue weighted by atomic mass is 16.5. The maximum atomic E-state index is 12.2. The van der Waals surface area contributed by atoms with Crippen molar-refractivity contribution in [2.24, 2.45) is 0 Å². The molecule has 1 amide bonds. The Kier molecular flexibility index (Phi) is 5.67. The van der Waals surface area contributed by atoms with E-state index in [2.05, 4.69) is 21.5 Å². The molecule has 172 valence electrons. The van der Waals surface area contributed by atoms with Crippen molar-refractivity contribution >= 4 is 22.8 Å². The lowest BCUT2D eigenvalue weighted by Crippen LogP contribution is -2.40. The Bertz CT molecular complexity index is 1370. The molecule has 3 aromatic heterocycles. The van der Waals surface area contributed by atoms with Crippen molar-refractivity contribution in [1.82, 2.24) is 29.6 Å². The van der Waals surface area contributed by atoms with Crippen LogP contribution >= 0.6 is 0 Å². The van der Waals surface area contributed by atoms with E-state index in [1.165, 1.54) is 12.4 Å². The number of carbonyl (C=O) groups is 1. The normalized spacial score (nSPS) is 15.9. The molecule has 1 atom stereocenters. The molecule has 0 radical (unpaired) electrons. The standard InChI is InChI=1S/C25H25N7O2/c1-3-21(33)31-13-7-8-17(14-31)32-25-22(24(26)27-15-28-25)23(30-32)19-11-12-20(29-16(19)2)34-18-9-5-4-6-10-18/h3-6,9-12,15,17H,1,7-8,13-14H2,2H3,(H2,26,27,28)/t17-/m1/s1. The fourth-order valence-electron chi connectivity index (χ4n) is 4.38. The zero-order chi connectivity index (χ0) is 23.7. The van der Waals surface area contributed by atoms with Crippen LogP contribution in [0.5, 0.6) is 11.6 Å². The number of aromatic nitrogens is 5. The predicted octanol–water partition coefficient (Wildman–Crippen LogP) is 3.92. The number of benzene rings is 1. The Morgan fingerprint density at radius 2 is 2.03 bits per heavy atom. The molecule has 9 nitrogen and oxygen atoms in total. The molecule has 4 heterocycles. The van der Waals surface area contributed by atoms with Crippen LogP contribution in [0.4, 0.5) is 5.82 Å². The first-order chi connectivity index (χ1) is 16.5. The molecule has 0 unspecified atom stereocenters. The van der Waals surface area contributed by atoms with Crippen LogP contribution in [-0.2, 0) is 4.79 Å². The Labute approximate surface area is 196 Å². The largest absolute Gasteiger partial charge is 0.439 e. The van der Waals surface area contributed by atoms with Crippen molar-refractivity contribution in [3.63, 3.8) is 0 Å². The Balaban J connectivity index is 1.54. The van der Waals surface area contributed by atoms with E-state index in [0.717, 1.165) is 24.1 Å². The molecular formula is C25H25N7O2. The molecule has 4 aromatic rings. The minimum absolute atomic E-state index is 0.0304. The highest BCUT2D eigenvalue weighted by Crippen LogP contribution is 2.35. The first-order valence-electron chi connectivity index (χ1n) is 11.2. The van der Waals surface area contributed by atoms with Crippen LogP contribution in [0.15, 0.2) is 61.4 Å². The number of anilines is 1. The topological polar surface area (TPSA) is 112 Å². The predicted molar refractivity (Wildman–Crippen MR) is 129 cm³/mol. The van der Waals surface area contributed by atoms with Gasteiger partial charge in [0, 0.05) is 24.7 Å². The Morgan fingerprint density at radius 3 is 2.79 bits per heavy atom. The minimum atomic E-state index is -0.0791. The van der Waals surface area contributed by atoms with Gasteiger partial charge in [-0.1, -0.05) is 24.8 Å². The molecule has 9 heteroatoms. The molecule has 0 aliphatic carbocycles. The summed E-state index contributed by atoms with van der Waals surface area (Å²) in [7, 11) is 0. The number of amides is 1. The summed E-state index contributed by atoms with van der Waals surface area (Å²) in [5.41, 5.74) is 9.16. The number of nitrogens with two attached hydrogens (primary N) is 1. The van der Waals surface area contributed by atoms with Crippen molar-refractivity contribution in [2.75, 3.05) is 18.8 Å². The number of rotatable bonds is 5. The second-order valence-electron chi connectivity index (χ2n) is 8.23. The summed E-state index contributed by atoms with van der Waals surface area (Å²) in [6.07, 6.45) is 4.54. The second-order valence-corrected chi connectivity index (χ2v) is 8.23. The Morgan fingerprint density at radius 1 is 1.21 bits per heavy atom. The van der Waals surface area contributed by atoms with Gasteiger partial charge in [-0.3, -0.25) is 4.79 Å². The van der Waals surface area contributed by atoms with Crippen LogP contribution in [0.3, 0.4) is 0 Å². The number of ether oxygens (including phenoxy) is 1. The van der Waals surface area contributed by atoms with Gasteiger partial charge in [0.1, 0.15) is 23.6 Å². The molecule has 1 aliphatic heterocycles. The van der Waals surface area contributed by atoms with Gasteiger partial charge < -0.3 is 15.4 Å². The molecule has 0 bridgehead atoms. The van der Waals surface area contributed by atoms with Crippen LogP contribution in [0.25, 0.3) is 22.3 Å². The number of hydrogen-bond donors (Lipinski definition) is 1. The van der Waals surface area contributed by atoms with Gasteiger partial charge in [0.25, 0.3) is 0 Å². The first kappa shape index (κ1) is 21.6. The zero-order valence-electron chi connectivity index (χ0n) is 18.9. The number of likely N-dealkylation sites (tertiary alicyclic amines) is 1. The number of hydrogen-bond acceptors (Lipinski definition) is 7. The third kappa shape index (κ3) is 3.96. The molecule has 5 rings (SSSR count). The molecule has 0 spiro atoms. The summed E-state index contributed by atoms with van der Waals surface area (Å²) in [5, 5.41) is 5.60. The maximum absolute atomic E-state index is 12.2. The monoisotopic (exact) mass is 455 g/mol. The van der Waals surface area contributed by atoms with Crippen LogP contribution in [0, 0.1) is 6.92 Å². The average Bonchev–Trinajstić information content (AvgIpc) is 3.25. The van der Waals surface area contributed by atoms with Gasteiger partial charge in [0.2, 0.25) is 11.8 Å². The summed E-state index contributed by atoms with van der Waals surface area (Å²) >= 11 is 0. The van der Waals surface area contributed by atoms with Crippen molar-refractivity contribution in [1.29, 1.82) is 0 Å². The molecule has 1 fully saturated rings. The quantitative estimate of drug-likeness (QED) is 0.454. The molecule has 0 saturated carbocycles. The van der Waals surface area contributed by atoms with E-state index in [4.69, 9.17) is 15.6 Å². The van der Waals surface area contributed by atoms with Crippen LogP contribution in [-0.4, -0.2) is 48.6 Å². The first-order valence-corrected chi connectivity index (χ1v) is 11.2. The number of nitrogen functional groups attached to an aromatic ring is 1. The lowest BCUT2D eigenvalue weighted by molar-refractivity contribution is -0.127. The van der Waals surface area contributed by atoms with Gasteiger partial charge in [0.05, 0.1) is 17.1 Å². The maximum Gasteiger partial charge on any atom is 0.246 e. The number of nitrogens with zero attached hydrogens (tertiary/aromatic N) is 6. The molecule has 1 aromatic carbocycles. The third-order valence-corrected chi connectivity index (χ3v) is 6.03. The summed E-state index contributed by atoms with van der Waals surface area (Å²) in [4.78, 5) is 27.3. The van der Waals surface area contributed by atoms with Gasteiger partial charge in [0.15, 0.2) is 5.65 Å². The number of aryl methyl sites for hydroxylation is 1. The van der Waals surface area contributed by atoms with E-state index < -0.39 is 0 Å². The van der Waals surface area contributed by atoms with Crippen molar-refractivity contribution in [3.05, 3.63) is 67.1 Å². The van der Waals surface area contributed by atoms with Crippen molar-refractivity contribution in [2.45, 2.75) is 25.8 Å². The second kappa shape index (κ2) is 8.93. The van der Waals surface area contributed by atoms with Crippen LogP contribution in [0.1, 0.15) is 24.6 Å². The highest BCUT2D eigenvalue weighted by molar-refractivity contribution is 5.98. The van der Waals surface area contributed by atoms with E-state index in [0.29, 0.717) is 47.3 Å². The van der Waals surface area contributed by atoms with Gasteiger partial charge >= 0.3 is 0 Å². The van der Waals surface area contributed by atoms with Gasteiger partial charge in [-0.05, 0) is 44.0 Å². The van der Waals surface area contributed by atoms with Crippen LogP contribution in [0.2, 0.25) is 0 Å². The van der Waals surface area contributed by atoms with Gasteiger partial charge in [-0.25, -0.2) is 19.6 Å². The fraction of sp³-hybridized carbons (Fsp3) is 0.240. The molecule has 34 heavy (non-hydrogen) atoms. The van der Waals surface area contributed by atoms with Crippen molar-refractivity contribution < 1.29 is 9.53 Å². The summed E-state index contributed by atoms with van der Waals surface area (Å²) < 4.78 is 7.75. The minimum Gasteiger partial charge on any atom is -0.439 e. The summed E-state index contributed by atoms with van der Waals surface area (Å²) in [6, 6.07) is 13.2. The van der Waals surface area contributed by atoms with E-state index in [9.17, 15) is 4.79 Å². The lowest BCUT2D eigenvalue weighted by atomic mass is 10.1. The Hall–Kier alpha value is -4.27. The van der Waals surface area contributed by atoms with E-state index in [1.54, 1.807) is 4.90 Å². The van der Waals surface area contributed by atoms with E-state index >= 15 is 0 Å². The third-order valence-electron chi connectivity index (χ3n) is 6.03. The smallest absolute Gasteiger partial charge is 0.246 e. The summed E-state index contributed by atoms with van der Waals surface area (Å²) in [6.45, 7) is 6.76. The zero-order valence-corrected chi connectivity index (χ0v) is 18.9. The van der Waals surface area contributed by atoms with Crippen molar-refractivity contribution in [3.8, 4) is 22.9 Å². The molecule has 1 aliphatic rings. The molecule has 1 saturated heterocycles.